The van der Waals surface area contributed by atoms with E-state index in [1.54, 1.807) is 0 Å². The number of nitrogens with zero attached hydrogens (tertiary/aromatic N) is 1. The molecule has 0 radical (unpaired) electrons. The molecule has 0 saturated heterocycles. The van der Waals surface area contributed by atoms with Gasteiger partial charge in [-0.05, 0) is 115 Å². The molecule has 9 aromatic carbocycles. The second-order valence-corrected chi connectivity index (χ2v) is 13.8. The smallest absolute Gasteiger partial charge is 0.0468 e. The molecule has 0 bridgehead atoms. The third kappa shape index (κ3) is 4.55. The topological polar surface area (TPSA) is 3.24 Å². The van der Waals surface area contributed by atoms with Crippen LogP contribution in [0.2, 0.25) is 0 Å². The Bertz CT molecular complexity index is 2710. The maximum atomic E-state index is 2.43. The molecule has 0 aliphatic heterocycles. The van der Waals surface area contributed by atoms with Gasteiger partial charge in [-0.25, -0.2) is 0 Å². The summed E-state index contributed by atoms with van der Waals surface area (Å²) in [4.78, 5) is 2.43. The van der Waals surface area contributed by atoms with E-state index in [0.29, 0.717) is 0 Å². The summed E-state index contributed by atoms with van der Waals surface area (Å²) in [5.41, 5.74) is 12.2. The summed E-state index contributed by atoms with van der Waals surface area (Å²) in [6.45, 7) is 2.38. The van der Waals surface area contributed by atoms with Gasteiger partial charge in [-0.2, -0.15) is 0 Å². The number of rotatable bonds is 5. The largest absolute Gasteiger partial charge is 0.310 e. The Morgan fingerprint density at radius 3 is 1.49 bits per heavy atom. The van der Waals surface area contributed by atoms with Crippen molar-refractivity contribution >= 4 is 49.4 Å². The van der Waals surface area contributed by atoms with Crippen molar-refractivity contribution in [2.75, 3.05) is 4.90 Å². The van der Waals surface area contributed by atoms with Crippen LogP contribution < -0.4 is 4.90 Å². The van der Waals surface area contributed by atoms with Crippen molar-refractivity contribution in [3.63, 3.8) is 0 Å². The van der Waals surface area contributed by atoms with Gasteiger partial charge in [0.05, 0.1) is 0 Å². The van der Waals surface area contributed by atoms with E-state index in [2.05, 4.69) is 206 Å². The van der Waals surface area contributed by atoms with E-state index >= 15 is 0 Å². The quantitative estimate of drug-likeness (QED) is 0.168. The Morgan fingerprint density at radius 2 is 0.804 bits per heavy atom. The summed E-state index contributed by atoms with van der Waals surface area (Å²) in [5, 5.41) is 7.66. The summed E-state index contributed by atoms with van der Waals surface area (Å²) in [6.07, 6.45) is 0. The van der Waals surface area contributed by atoms with Crippen LogP contribution in [0.3, 0.4) is 0 Å². The van der Waals surface area contributed by atoms with Crippen molar-refractivity contribution in [2.24, 2.45) is 0 Å². The molecule has 0 amide bonds. The van der Waals surface area contributed by atoms with Crippen LogP contribution in [0.15, 0.2) is 194 Å². The Labute approximate surface area is 298 Å². The van der Waals surface area contributed by atoms with Gasteiger partial charge in [-0.1, -0.05) is 158 Å². The Kier molecular flexibility index (Phi) is 6.69. The molecule has 1 nitrogen and oxygen atoms in total. The van der Waals surface area contributed by atoms with Gasteiger partial charge in [-0.3, -0.25) is 0 Å². The predicted molar refractivity (Wildman–Crippen MR) is 217 cm³/mol. The van der Waals surface area contributed by atoms with Crippen molar-refractivity contribution in [3.8, 4) is 22.3 Å². The van der Waals surface area contributed by atoms with Crippen molar-refractivity contribution in [3.05, 3.63) is 211 Å². The number of hydrogen-bond donors (Lipinski definition) is 0. The van der Waals surface area contributed by atoms with Crippen LogP contribution in [0.4, 0.5) is 17.1 Å². The molecule has 1 atom stereocenters. The lowest BCUT2D eigenvalue weighted by Crippen LogP contribution is -2.22. The highest BCUT2D eigenvalue weighted by molar-refractivity contribution is 6.25. The van der Waals surface area contributed by atoms with Crippen LogP contribution in [-0.2, 0) is 5.41 Å². The van der Waals surface area contributed by atoms with Gasteiger partial charge in [0.15, 0.2) is 0 Å². The van der Waals surface area contributed by atoms with Crippen molar-refractivity contribution in [2.45, 2.75) is 12.3 Å². The molecule has 0 aromatic heterocycles. The number of hydrogen-bond acceptors (Lipinski definition) is 1. The molecule has 0 heterocycles. The standard InChI is InChI=1S/C50H35N/c1-50(36-16-6-3-7-17-36)48-23-13-12-22-45(48)47-33-39(29-31-49(47)50)51(37-26-24-35(25-27-37)34-14-4-2-5-15-34)38-28-30-44-42-20-9-8-18-40(42)41-19-10-11-21-43(41)46(44)32-38/h2-33H,1H3. The first kappa shape index (κ1) is 29.5. The molecule has 9 aromatic rings. The van der Waals surface area contributed by atoms with Crippen LogP contribution in [0.25, 0.3) is 54.6 Å². The first-order valence-corrected chi connectivity index (χ1v) is 17.8. The zero-order valence-electron chi connectivity index (χ0n) is 28.4. The minimum atomic E-state index is -0.239. The molecule has 240 valence electrons. The second-order valence-electron chi connectivity index (χ2n) is 13.8. The van der Waals surface area contributed by atoms with Gasteiger partial charge in [0.25, 0.3) is 0 Å². The molecule has 1 aliphatic rings. The summed E-state index contributed by atoms with van der Waals surface area (Å²) < 4.78 is 0. The zero-order valence-corrected chi connectivity index (χ0v) is 28.4. The SMILES string of the molecule is CC1(c2ccccc2)c2ccccc2-c2cc(N(c3ccc(-c4ccccc4)cc3)c3ccc4c5ccccc5c5ccccc5c4c3)ccc21. The number of benzene rings is 9. The van der Waals surface area contributed by atoms with Gasteiger partial charge in [0, 0.05) is 22.5 Å². The summed E-state index contributed by atoms with van der Waals surface area (Å²) in [7, 11) is 0. The van der Waals surface area contributed by atoms with Gasteiger partial charge >= 0.3 is 0 Å². The first-order chi connectivity index (χ1) is 25.2. The zero-order chi connectivity index (χ0) is 33.9. The Balaban J connectivity index is 1.20. The molecule has 0 saturated carbocycles. The van der Waals surface area contributed by atoms with E-state index < -0.39 is 0 Å². The van der Waals surface area contributed by atoms with Crippen LogP contribution in [0, 0.1) is 0 Å². The molecule has 0 N–H and O–H groups in total. The Hall–Kier alpha value is -6.44. The lowest BCUT2D eigenvalue weighted by molar-refractivity contribution is 0.714. The average Bonchev–Trinajstić information content (AvgIpc) is 3.47. The lowest BCUT2D eigenvalue weighted by Gasteiger charge is -2.30. The van der Waals surface area contributed by atoms with Gasteiger partial charge < -0.3 is 4.90 Å². The molecule has 1 aliphatic carbocycles. The molecule has 10 rings (SSSR count). The fourth-order valence-electron chi connectivity index (χ4n) is 8.63. The average molecular weight is 650 g/mol. The van der Waals surface area contributed by atoms with Crippen molar-refractivity contribution < 1.29 is 0 Å². The second kappa shape index (κ2) is 11.6. The predicted octanol–water partition coefficient (Wildman–Crippen LogP) is 13.6. The maximum absolute atomic E-state index is 2.43. The van der Waals surface area contributed by atoms with Gasteiger partial charge in [0.2, 0.25) is 0 Å². The highest BCUT2D eigenvalue weighted by Gasteiger charge is 2.40. The van der Waals surface area contributed by atoms with Gasteiger partial charge in [-0.15, -0.1) is 0 Å². The van der Waals surface area contributed by atoms with Crippen LogP contribution in [0.5, 0.6) is 0 Å². The number of fused-ring (bicyclic) bond motifs is 9. The molecule has 0 spiro atoms. The fraction of sp³-hybridized carbons (Fsp3) is 0.0400. The highest BCUT2D eigenvalue weighted by Crippen LogP contribution is 2.54. The van der Waals surface area contributed by atoms with E-state index in [-0.39, 0.29) is 5.41 Å². The maximum Gasteiger partial charge on any atom is 0.0468 e. The lowest BCUT2D eigenvalue weighted by atomic mass is 9.74. The third-order valence-corrected chi connectivity index (χ3v) is 11.1. The van der Waals surface area contributed by atoms with E-state index in [1.165, 1.54) is 71.3 Å². The van der Waals surface area contributed by atoms with E-state index in [9.17, 15) is 0 Å². The molecule has 0 fully saturated rings. The van der Waals surface area contributed by atoms with Crippen LogP contribution in [-0.4, -0.2) is 0 Å². The monoisotopic (exact) mass is 649 g/mol. The van der Waals surface area contributed by atoms with Crippen LogP contribution >= 0.6 is 0 Å². The highest BCUT2D eigenvalue weighted by atomic mass is 15.1. The molecular weight excluding hydrogens is 615 g/mol. The van der Waals surface area contributed by atoms with Gasteiger partial charge in [0.1, 0.15) is 0 Å². The number of anilines is 3. The van der Waals surface area contributed by atoms with E-state index in [1.807, 2.05) is 0 Å². The van der Waals surface area contributed by atoms with Crippen molar-refractivity contribution in [1.82, 2.24) is 0 Å². The molecule has 51 heavy (non-hydrogen) atoms. The van der Waals surface area contributed by atoms with E-state index in [4.69, 9.17) is 0 Å². The Morgan fingerprint density at radius 1 is 0.333 bits per heavy atom. The van der Waals surface area contributed by atoms with E-state index in [0.717, 1.165) is 17.1 Å². The van der Waals surface area contributed by atoms with Crippen molar-refractivity contribution in [1.29, 1.82) is 0 Å². The summed E-state index contributed by atoms with van der Waals surface area (Å²) >= 11 is 0. The summed E-state index contributed by atoms with van der Waals surface area (Å²) in [6, 6.07) is 71.3. The molecular formula is C50H35N. The fourth-order valence-corrected chi connectivity index (χ4v) is 8.63. The third-order valence-electron chi connectivity index (χ3n) is 11.1. The van der Waals surface area contributed by atoms with Crippen LogP contribution in [0.1, 0.15) is 23.6 Å². The minimum absolute atomic E-state index is 0.239. The molecule has 1 heteroatoms. The molecule has 1 unspecified atom stereocenters. The first-order valence-electron chi connectivity index (χ1n) is 17.8. The summed E-state index contributed by atoms with van der Waals surface area (Å²) in [5.74, 6) is 0. The minimum Gasteiger partial charge on any atom is -0.310 e. The normalized spacial score (nSPS) is 14.8.